The van der Waals surface area contributed by atoms with Crippen molar-refractivity contribution in [1.29, 1.82) is 0 Å². The average molecular weight is 183 g/mol. The van der Waals surface area contributed by atoms with E-state index >= 15 is 0 Å². The van der Waals surface area contributed by atoms with Crippen LogP contribution < -0.4 is 10.7 Å². The molecule has 2 N–H and O–H groups in total. The number of piperazine rings is 1. The first-order chi connectivity index (χ1) is 6.27. The lowest BCUT2D eigenvalue weighted by atomic mass is 10.4. The first kappa shape index (κ1) is 8.24. The number of likely N-dealkylation sites (N-methyl/N-ethyl adjacent to an activating group) is 1. The third-order valence-corrected chi connectivity index (χ3v) is 2.22. The minimum atomic E-state index is 0.351. The molecule has 0 radical (unpaired) electrons. The average Bonchev–Trinajstić information content (AvgIpc) is 2.53. The van der Waals surface area contributed by atoms with Crippen molar-refractivity contribution >= 4 is 5.95 Å². The standard InChI is InChI=1S/C6H13N7/c1-11-2-4-12(5-3-11)13-6(7)8-9-10-13/h2-5H2,1H3,(H2,7,8,10). The molecular formula is C6H13N7. The van der Waals surface area contributed by atoms with Gasteiger partial charge in [0.2, 0.25) is 0 Å². The predicted molar refractivity (Wildman–Crippen MR) is 47.7 cm³/mol. The van der Waals surface area contributed by atoms with Crippen LogP contribution in [-0.2, 0) is 0 Å². The van der Waals surface area contributed by atoms with Crippen molar-refractivity contribution in [3.8, 4) is 0 Å². The highest BCUT2D eigenvalue weighted by Crippen LogP contribution is 2.00. The Hall–Kier alpha value is -1.37. The second-order valence-electron chi connectivity index (χ2n) is 3.18. The second-order valence-corrected chi connectivity index (χ2v) is 3.18. The van der Waals surface area contributed by atoms with Crippen LogP contribution in [-0.4, -0.2) is 58.4 Å². The molecule has 7 heteroatoms. The number of aromatic nitrogens is 4. The molecule has 1 aromatic heterocycles. The number of hydrogen-bond acceptors (Lipinski definition) is 6. The molecule has 13 heavy (non-hydrogen) atoms. The summed E-state index contributed by atoms with van der Waals surface area (Å²) in [6.45, 7) is 3.84. The van der Waals surface area contributed by atoms with Gasteiger partial charge >= 0.3 is 0 Å². The van der Waals surface area contributed by atoms with Gasteiger partial charge < -0.3 is 10.6 Å². The number of tetrazole rings is 1. The van der Waals surface area contributed by atoms with Crippen LogP contribution in [0.1, 0.15) is 0 Å². The number of nitrogen functional groups attached to an aromatic ring is 1. The maximum Gasteiger partial charge on any atom is 0.260 e. The van der Waals surface area contributed by atoms with Gasteiger partial charge in [-0.15, -0.1) is 4.79 Å². The zero-order valence-corrected chi connectivity index (χ0v) is 7.59. The molecule has 0 amide bonds. The molecule has 0 aromatic carbocycles. The van der Waals surface area contributed by atoms with Crippen LogP contribution >= 0.6 is 0 Å². The molecule has 0 saturated carbocycles. The molecule has 72 valence electrons. The van der Waals surface area contributed by atoms with E-state index in [-0.39, 0.29) is 0 Å². The molecule has 0 bridgehead atoms. The molecule has 0 spiro atoms. The van der Waals surface area contributed by atoms with E-state index in [2.05, 4.69) is 27.5 Å². The van der Waals surface area contributed by atoms with Crippen molar-refractivity contribution < 1.29 is 0 Å². The highest BCUT2D eigenvalue weighted by Gasteiger charge is 2.16. The summed E-state index contributed by atoms with van der Waals surface area (Å²) >= 11 is 0. The monoisotopic (exact) mass is 183 g/mol. The Labute approximate surface area is 76.1 Å². The van der Waals surface area contributed by atoms with Gasteiger partial charge in [-0.3, -0.25) is 5.01 Å². The summed E-state index contributed by atoms with van der Waals surface area (Å²) in [6, 6.07) is 0. The lowest BCUT2D eigenvalue weighted by molar-refractivity contribution is 0.280. The number of nitrogens with two attached hydrogens (primary N) is 1. The van der Waals surface area contributed by atoms with E-state index in [1.54, 1.807) is 4.79 Å². The van der Waals surface area contributed by atoms with Crippen molar-refractivity contribution in [1.82, 2.24) is 25.2 Å². The minimum Gasteiger partial charge on any atom is -0.365 e. The van der Waals surface area contributed by atoms with E-state index < -0.39 is 0 Å². The Morgan fingerprint density at radius 1 is 1.23 bits per heavy atom. The minimum absolute atomic E-state index is 0.351. The molecule has 0 aliphatic carbocycles. The summed E-state index contributed by atoms with van der Waals surface area (Å²) in [7, 11) is 2.10. The van der Waals surface area contributed by atoms with E-state index in [4.69, 9.17) is 5.73 Å². The molecule has 1 saturated heterocycles. The molecule has 7 nitrogen and oxygen atoms in total. The van der Waals surface area contributed by atoms with E-state index in [1.165, 1.54) is 0 Å². The van der Waals surface area contributed by atoms with Gasteiger partial charge in [0.25, 0.3) is 5.95 Å². The Morgan fingerprint density at radius 2 is 1.92 bits per heavy atom. The molecule has 0 atom stereocenters. The van der Waals surface area contributed by atoms with Crippen molar-refractivity contribution in [2.45, 2.75) is 0 Å². The number of rotatable bonds is 1. The summed E-state index contributed by atoms with van der Waals surface area (Å²) in [5.41, 5.74) is 5.58. The largest absolute Gasteiger partial charge is 0.365 e. The van der Waals surface area contributed by atoms with Gasteiger partial charge in [0, 0.05) is 26.2 Å². The van der Waals surface area contributed by atoms with Crippen molar-refractivity contribution in [3.63, 3.8) is 0 Å². The van der Waals surface area contributed by atoms with Crippen LogP contribution in [0.25, 0.3) is 0 Å². The first-order valence-corrected chi connectivity index (χ1v) is 4.25. The Morgan fingerprint density at radius 3 is 2.46 bits per heavy atom. The summed E-state index contributed by atoms with van der Waals surface area (Å²) in [5, 5.41) is 13.0. The molecular weight excluding hydrogens is 170 g/mol. The van der Waals surface area contributed by atoms with Crippen molar-refractivity contribution in [3.05, 3.63) is 0 Å². The molecule has 1 fully saturated rings. The topological polar surface area (TPSA) is 76.1 Å². The lowest BCUT2D eigenvalue weighted by Crippen LogP contribution is -2.50. The SMILES string of the molecule is CN1CCN(n2nnnc2N)CC1. The van der Waals surface area contributed by atoms with Crippen molar-refractivity contribution in [2.75, 3.05) is 44.0 Å². The second kappa shape index (κ2) is 3.17. The third kappa shape index (κ3) is 1.55. The summed E-state index contributed by atoms with van der Waals surface area (Å²) < 4.78 is 0. The van der Waals surface area contributed by atoms with Gasteiger partial charge in [-0.2, -0.15) is 0 Å². The smallest absolute Gasteiger partial charge is 0.260 e. The van der Waals surface area contributed by atoms with Crippen LogP contribution in [0.2, 0.25) is 0 Å². The maximum atomic E-state index is 5.58. The molecule has 1 aliphatic rings. The maximum absolute atomic E-state index is 5.58. The van der Waals surface area contributed by atoms with Gasteiger partial charge in [-0.25, -0.2) is 0 Å². The highest BCUT2D eigenvalue weighted by molar-refractivity contribution is 5.14. The fourth-order valence-corrected chi connectivity index (χ4v) is 1.38. The van der Waals surface area contributed by atoms with Crippen LogP contribution in [0.4, 0.5) is 5.95 Å². The molecule has 0 unspecified atom stereocenters. The number of hydrogen-bond donors (Lipinski definition) is 1. The van der Waals surface area contributed by atoms with E-state index in [9.17, 15) is 0 Å². The van der Waals surface area contributed by atoms with Gasteiger partial charge in [-0.1, -0.05) is 5.10 Å². The highest BCUT2D eigenvalue weighted by atomic mass is 15.8. The summed E-state index contributed by atoms with van der Waals surface area (Å²) in [4.78, 5) is 3.82. The van der Waals surface area contributed by atoms with E-state index in [1.807, 2.05) is 5.01 Å². The normalized spacial score (nSPS) is 19.3. The number of anilines is 1. The van der Waals surface area contributed by atoms with Gasteiger partial charge in [-0.05, 0) is 17.5 Å². The first-order valence-electron chi connectivity index (χ1n) is 4.25. The summed E-state index contributed by atoms with van der Waals surface area (Å²) in [5.74, 6) is 0.351. The molecule has 1 aliphatic heterocycles. The molecule has 2 heterocycles. The van der Waals surface area contributed by atoms with Gasteiger partial charge in [0.1, 0.15) is 0 Å². The fourth-order valence-electron chi connectivity index (χ4n) is 1.38. The Balaban J connectivity index is 2.06. The van der Waals surface area contributed by atoms with E-state index in [0.29, 0.717) is 5.95 Å². The zero-order valence-electron chi connectivity index (χ0n) is 7.59. The zero-order chi connectivity index (χ0) is 9.26. The lowest BCUT2D eigenvalue weighted by Gasteiger charge is -2.32. The van der Waals surface area contributed by atoms with E-state index in [0.717, 1.165) is 26.2 Å². The Bertz CT molecular complexity index is 274. The molecule has 1 aromatic rings. The van der Waals surface area contributed by atoms with Crippen LogP contribution in [0.5, 0.6) is 0 Å². The predicted octanol–water partition coefficient (Wildman–Crippen LogP) is -1.86. The fraction of sp³-hybridized carbons (Fsp3) is 0.833. The van der Waals surface area contributed by atoms with Crippen molar-refractivity contribution in [2.24, 2.45) is 0 Å². The van der Waals surface area contributed by atoms with Crippen LogP contribution in [0, 0.1) is 0 Å². The molecule has 2 rings (SSSR count). The Kier molecular flexibility index (Phi) is 2.01. The van der Waals surface area contributed by atoms with Gasteiger partial charge in [0.15, 0.2) is 0 Å². The van der Waals surface area contributed by atoms with Gasteiger partial charge in [0.05, 0.1) is 0 Å². The third-order valence-electron chi connectivity index (χ3n) is 2.22. The van der Waals surface area contributed by atoms with Crippen LogP contribution in [0.3, 0.4) is 0 Å². The van der Waals surface area contributed by atoms with Crippen LogP contribution in [0.15, 0.2) is 0 Å². The summed E-state index contributed by atoms with van der Waals surface area (Å²) in [6.07, 6.45) is 0. The number of nitrogens with zero attached hydrogens (tertiary/aromatic N) is 6. The quantitative estimate of drug-likeness (QED) is 0.550.